The van der Waals surface area contributed by atoms with Gasteiger partial charge in [0, 0.05) is 16.9 Å². The first-order valence-corrected chi connectivity index (χ1v) is 13.7. The van der Waals surface area contributed by atoms with Gasteiger partial charge < -0.3 is 19.8 Å². The van der Waals surface area contributed by atoms with E-state index >= 15 is 0 Å². The third kappa shape index (κ3) is 5.19. The average molecular weight is 514 g/mol. The molecule has 198 valence electrons. The number of anilines is 1. The van der Waals surface area contributed by atoms with Crippen molar-refractivity contribution >= 4 is 17.7 Å². The lowest BCUT2D eigenvalue weighted by molar-refractivity contribution is -0.0570. The molecule has 4 aliphatic rings. The first kappa shape index (κ1) is 24.7. The SMILES string of the molecule is COC(=O)OCc1cccc(NC(=O)c2nc(-c3ccccc3)[nH]c2CCC23CC4CC(CC(C4)C2)C3)c1. The third-order valence-electron chi connectivity index (χ3n) is 8.82. The summed E-state index contributed by atoms with van der Waals surface area (Å²) in [6, 6.07) is 17.2. The van der Waals surface area contributed by atoms with Crippen molar-refractivity contribution in [3.05, 3.63) is 71.5 Å². The van der Waals surface area contributed by atoms with Gasteiger partial charge in [-0.15, -0.1) is 0 Å². The molecule has 0 aliphatic heterocycles. The molecule has 3 aromatic rings. The number of imidazole rings is 1. The molecule has 4 bridgehead atoms. The highest BCUT2D eigenvalue weighted by molar-refractivity contribution is 6.04. The number of ether oxygens (including phenoxy) is 2. The van der Waals surface area contributed by atoms with Crippen molar-refractivity contribution in [2.24, 2.45) is 23.2 Å². The molecule has 2 aromatic carbocycles. The molecule has 1 aromatic heterocycles. The molecule has 38 heavy (non-hydrogen) atoms. The summed E-state index contributed by atoms with van der Waals surface area (Å²) < 4.78 is 9.57. The maximum atomic E-state index is 13.5. The Hall–Kier alpha value is -3.61. The summed E-state index contributed by atoms with van der Waals surface area (Å²) >= 11 is 0. The van der Waals surface area contributed by atoms with E-state index in [9.17, 15) is 9.59 Å². The van der Waals surface area contributed by atoms with Crippen LogP contribution in [-0.4, -0.2) is 29.1 Å². The van der Waals surface area contributed by atoms with Crippen LogP contribution in [0.1, 0.15) is 66.7 Å². The first-order chi connectivity index (χ1) is 18.5. The largest absolute Gasteiger partial charge is 0.508 e. The van der Waals surface area contributed by atoms with E-state index in [-0.39, 0.29) is 12.5 Å². The zero-order chi connectivity index (χ0) is 26.1. The summed E-state index contributed by atoms with van der Waals surface area (Å²) in [5.74, 6) is 3.19. The minimum atomic E-state index is -0.743. The van der Waals surface area contributed by atoms with Gasteiger partial charge in [0.15, 0.2) is 0 Å². The smallest absolute Gasteiger partial charge is 0.438 e. The highest BCUT2D eigenvalue weighted by Crippen LogP contribution is 2.61. The Morgan fingerprint density at radius 3 is 2.39 bits per heavy atom. The second-order valence-corrected chi connectivity index (χ2v) is 11.6. The predicted octanol–water partition coefficient (Wildman–Crippen LogP) is 6.76. The fraction of sp³-hybridized carbons (Fsp3) is 0.452. The Kier molecular flexibility index (Phi) is 6.68. The lowest BCUT2D eigenvalue weighted by Crippen LogP contribution is -2.46. The normalized spacial score (nSPS) is 25.2. The molecule has 4 saturated carbocycles. The first-order valence-electron chi connectivity index (χ1n) is 13.7. The molecule has 1 heterocycles. The minimum absolute atomic E-state index is 0.0628. The summed E-state index contributed by atoms with van der Waals surface area (Å²) in [6.07, 6.45) is 9.52. The minimum Gasteiger partial charge on any atom is -0.438 e. The Labute approximate surface area is 223 Å². The van der Waals surface area contributed by atoms with Gasteiger partial charge in [-0.25, -0.2) is 9.78 Å². The van der Waals surface area contributed by atoms with Crippen LogP contribution < -0.4 is 5.32 Å². The van der Waals surface area contributed by atoms with Crippen molar-refractivity contribution < 1.29 is 19.1 Å². The topological polar surface area (TPSA) is 93.3 Å². The van der Waals surface area contributed by atoms with Gasteiger partial charge in [0.2, 0.25) is 0 Å². The highest BCUT2D eigenvalue weighted by Gasteiger charge is 2.50. The second-order valence-electron chi connectivity index (χ2n) is 11.6. The zero-order valence-electron chi connectivity index (χ0n) is 21.9. The van der Waals surface area contributed by atoms with E-state index in [1.165, 1.54) is 45.6 Å². The van der Waals surface area contributed by atoms with E-state index < -0.39 is 6.16 Å². The molecule has 0 saturated heterocycles. The van der Waals surface area contributed by atoms with Gasteiger partial charge in [0.1, 0.15) is 18.1 Å². The lowest BCUT2D eigenvalue weighted by Gasteiger charge is -2.57. The van der Waals surface area contributed by atoms with Crippen LogP contribution >= 0.6 is 0 Å². The van der Waals surface area contributed by atoms with Crippen molar-refractivity contribution in [1.29, 1.82) is 0 Å². The van der Waals surface area contributed by atoms with E-state index in [1.54, 1.807) is 6.07 Å². The number of nitrogens with one attached hydrogen (secondary N) is 2. The number of carbonyl (C=O) groups is 2. The number of carbonyl (C=O) groups excluding carboxylic acids is 2. The molecule has 4 aliphatic carbocycles. The number of aromatic amines is 1. The van der Waals surface area contributed by atoms with Crippen LogP contribution in [0, 0.1) is 23.2 Å². The van der Waals surface area contributed by atoms with Gasteiger partial charge in [0.25, 0.3) is 5.91 Å². The number of rotatable bonds is 8. The van der Waals surface area contributed by atoms with Gasteiger partial charge in [0.05, 0.1) is 7.11 Å². The molecule has 7 nitrogen and oxygen atoms in total. The summed E-state index contributed by atoms with van der Waals surface area (Å²) in [7, 11) is 1.27. The Bertz CT molecular complexity index is 1280. The molecule has 2 N–H and O–H groups in total. The van der Waals surface area contributed by atoms with E-state index in [0.717, 1.165) is 53.2 Å². The number of nitrogens with zero attached hydrogens (tertiary/aromatic N) is 1. The number of amides is 1. The molecule has 0 atom stereocenters. The van der Waals surface area contributed by atoms with Gasteiger partial charge >= 0.3 is 6.16 Å². The standard InChI is InChI=1S/C31H35N3O4/c1-37-30(36)38-19-20-6-5-9-25(15-20)32-29(35)27-26(33-28(34-27)24-7-3-2-4-8-24)10-11-31-16-21-12-22(17-31)14-23(13-21)18-31/h2-9,15,21-23H,10-14,16-19H2,1H3,(H,32,35)(H,33,34). The highest BCUT2D eigenvalue weighted by atomic mass is 16.7. The molecule has 0 spiro atoms. The van der Waals surface area contributed by atoms with Crippen LogP contribution in [0.5, 0.6) is 0 Å². The second kappa shape index (κ2) is 10.3. The third-order valence-corrected chi connectivity index (χ3v) is 8.82. The average Bonchev–Trinajstić information content (AvgIpc) is 3.35. The van der Waals surface area contributed by atoms with Crippen molar-refractivity contribution in [3.63, 3.8) is 0 Å². The van der Waals surface area contributed by atoms with E-state index in [4.69, 9.17) is 9.72 Å². The van der Waals surface area contributed by atoms with Gasteiger partial charge in [-0.1, -0.05) is 42.5 Å². The van der Waals surface area contributed by atoms with Crippen molar-refractivity contribution in [2.45, 2.75) is 58.0 Å². The quantitative estimate of drug-likeness (QED) is 0.325. The number of H-pyrrole nitrogens is 1. The molecule has 0 unspecified atom stereocenters. The number of hydrogen-bond donors (Lipinski definition) is 2. The molecular formula is C31H35N3O4. The summed E-state index contributed by atoms with van der Waals surface area (Å²) in [4.78, 5) is 33.1. The monoisotopic (exact) mass is 513 g/mol. The molecule has 7 rings (SSSR count). The van der Waals surface area contributed by atoms with E-state index in [0.29, 0.717) is 16.8 Å². The Balaban J connectivity index is 1.22. The van der Waals surface area contributed by atoms with Crippen LogP contribution in [0.15, 0.2) is 54.6 Å². The van der Waals surface area contributed by atoms with Crippen LogP contribution in [0.2, 0.25) is 0 Å². The molecule has 1 amide bonds. The summed E-state index contributed by atoms with van der Waals surface area (Å²) in [5, 5.41) is 3.01. The van der Waals surface area contributed by atoms with Gasteiger partial charge in [-0.3, -0.25) is 4.79 Å². The Morgan fingerprint density at radius 2 is 1.71 bits per heavy atom. The molecule has 0 radical (unpaired) electrons. The maximum Gasteiger partial charge on any atom is 0.508 e. The predicted molar refractivity (Wildman–Crippen MR) is 145 cm³/mol. The van der Waals surface area contributed by atoms with Crippen LogP contribution in [0.25, 0.3) is 11.4 Å². The Morgan fingerprint density at radius 1 is 1.00 bits per heavy atom. The van der Waals surface area contributed by atoms with Gasteiger partial charge in [-0.05, 0) is 92.2 Å². The number of aromatic nitrogens is 2. The number of benzene rings is 2. The van der Waals surface area contributed by atoms with Crippen LogP contribution in [0.3, 0.4) is 0 Å². The van der Waals surface area contributed by atoms with Crippen molar-refractivity contribution in [1.82, 2.24) is 9.97 Å². The zero-order valence-corrected chi connectivity index (χ0v) is 21.9. The van der Waals surface area contributed by atoms with Crippen molar-refractivity contribution in [2.75, 3.05) is 12.4 Å². The van der Waals surface area contributed by atoms with Crippen LogP contribution in [0.4, 0.5) is 10.5 Å². The fourth-order valence-corrected chi connectivity index (χ4v) is 7.63. The van der Waals surface area contributed by atoms with E-state index in [1.807, 2.05) is 48.5 Å². The molecule has 7 heteroatoms. The number of aryl methyl sites for hydroxylation is 1. The fourth-order valence-electron chi connectivity index (χ4n) is 7.63. The number of hydrogen-bond acceptors (Lipinski definition) is 5. The van der Waals surface area contributed by atoms with E-state index in [2.05, 4.69) is 15.0 Å². The maximum absolute atomic E-state index is 13.5. The van der Waals surface area contributed by atoms with Crippen molar-refractivity contribution in [3.8, 4) is 11.4 Å². The van der Waals surface area contributed by atoms with Crippen LogP contribution in [-0.2, 0) is 22.5 Å². The summed E-state index contributed by atoms with van der Waals surface area (Å²) in [6.45, 7) is 0.0628. The molecule has 4 fully saturated rings. The summed E-state index contributed by atoms with van der Waals surface area (Å²) in [5.41, 5.74) is 4.12. The molecular weight excluding hydrogens is 478 g/mol. The number of methoxy groups -OCH3 is 1. The van der Waals surface area contributed by atoms with Gasteiger partial charge in [-0.2, -0.15) is 0 Å². The lowest BCUT2D eigenvalue weighted by atomic mass is 9.48.